The summed E-state index contributed by atoms with van der Waals surface area (Å²) < 4.78 is 26.3. The van der Waals surface area contributed by atoms with Crippen LogP contribution in [-0.4, -0.2) is 58.9 Å². The van der Waals surface area contributed by atoms with E-state index in [9.17, 15) is 13.2 Å². The van der Waals surface area contributed by atoms with Crippen molar-refractivity contribution in [2.75, 3.05) is 23.8 Å². The van der Waals surface area contributed by atoms with Crippen molar-refractivity contribution in [1.82, 2.24) is 14.7 Å². The van der Waals surface area contributed by atoms with Crippen LogP contribution in [0, 0.1) is 3.95 Å². The molecule has 2 heterocycles. The number of hydrogen-bond acceptors (Lipinski definition) is 7. The fraction of sp³-hybridized carbons (Fsp3) is 0.438. The zero-order chi connectivity index (χ0) is 19.6. The second-order valence-corrected chi connectivity index (χ2v) is 11.6. The molecule has 146 valence electrons. The van der Waals surface area contributed by atoms with Gasteiger partial charge in [0.15, 0.2) is 18.1 Å². The normalized spacial score (nSPS) is 18.5. The van der Waals surface area contributed by atoms with Crippen molar-refractivity contribution in [2.45, 2.75) is 23.7 Å². The van der Waals surface area contributed by atoms with E-state index in [4.69, 9.17) is 23.8 Å². The molecule has 3 rings (SSSR count). The number of benzene rings is 1. The van der Waals surface area contributed by atoms with Crippen LogP contribution in [-0.2, 0) is 14.6 Å². The third-order valence-electron chi connectivity index (χ3n) is 4.23. The summed E-state index contributed by atoms with van der Waals surface area (Å²) in [5, 5.41) is 5.11. The molecule has 0 aliphatic carbocycles. The smallest absolute Gasteiger partial charge is 0.233 e. The summed E-state index contributed by atoms with van der Waals surface area (Å²) in [6.07, 6.45) is 0.511. The first-order valence-electron chi connectivity index (χ1n) is 8.28. The van der Waals surface area contributed by atoms with Gasteiger partial charge >= 0.3 is 0 Å². The Morgan fingerprint density at radius 3 is 2.74 bits per heavy atom. The molecule has 0 bridgehead atoms. The summed E-state index contributed by atoms with van der Waals surface area (Å²) >= 11 is 13.9. The van der Waals surface area contributed by atoms with Gasteiger partial charge < -0.3 is 4.90 Å². The van der Waals surface area contributed by atoms with E-state index in [0.29, 0.717) is 26.3 Å². The van der Waals surface area contributed by atoms with Crippen molar-refractivity contribution in [3.8, 4) is 5.69 Å². The number of sulfone groups is 1. The number of thioether (sulfide) groups is 1. The maximum atomic E-state index is 12.6. The second kappa shape index (κ2) is 8.60. The molecule has 1 aliphatic rings. The molecule has 1 atom stereocenters. The highest BCUT2D eigenvalue weighted by molar-refractivity contribution is 8.01. The maximum Gasteiger partial charge on any atom is 0.233 e. The zero-order valence-corrected chi connectivity index (χ0v) is 18.5. The number of aromatic nitrogens is 2. The van der Waals surface area contributed by atoms with Crippen molar-refractivity contribution in [1.29, 1.82) is 0 Å². The Morgan fingerprint density at radius 1 is 1.44 bits per heavy atom. The Kier molecular flexibility index (Phi) is 6.62. The quantitative estimate of drug-likeness (QED) is 0.482. The van der Waals surface area contributed by atoms with Crippen LogP contribution in [0.25, 0.3) is 5.69 Å². The molecule has 1 aromatic heterocycles. The van der Waals surface area contributed by atoms with Crippen molar-refractivity contribution >= 4 is 62.7 Å². The molecular weight excluding hydrogens is 446 g/mol. The van der Waals surface area contributed by atoms with E-state index in [2.05, 4.69) is 5.10 Å². The molecule has 1 unspecified atom stereocenters. The fourth-order valence-electron chi connectivity index (χ4n) is 2.93. The van der Waals surface area contributed by atoms with Gasteiger partial charge in [-0.2, -0.15) is 0 Å². The minimum absolute atomic E-state index is 0.0569. The van der Waals surface area contributed by atoms with E-state index in [1.165, 1.54) is 23.1 Å². The van der Waals surface area contributed by atoms with Crippen LogP contribution in [0.2, 0.25) is 5.02 Å². The van der Waals surface area contributed by atoms with E-state index < -0.39 is 9.84 Å². The van der Waals surface area contributed by atoms with Gasteiger partial charge in [-0.15, -0.1) is 5.10 Å². The second-order valence-electron chi connectivity index (χ2n) is 6.05. The van der Waals surface area contributed by atoms with Crippen LogP contribution < -0.4 is 0 Å². The fourth-order valence-corrected chi connectivity index (χ4v) is 7.03. The Morgan fingerprint density at radius 2 is 2.15 bits per heavy atom. The van der Waals surface area contributed by atoms with Gasteiger partial charge in [-0.3, -0.25) is 4.79 Å². The third kappa shape index (κ3) is 5.11. The molecule has 1 fully saturated rings. The van der Waals surface area contributed by atoms with Gasteiger partial charge in [-0.25, -0.2) is 13.1 Å². The summed E-state index contributed by atoms with van der Waals surface area (Å²) in [5.74, 6) is 0.333. The Bertz CT molecular complexity index is 985. The summed E-state index contributed by atoms with van der Waals surface area (Å²) in [4.78, 5) is 14.2. The molecule has 0 radical (unpaired) electrons. The van der Waals surface area contributed by atoms with Crippen LogP contribution in [0.3, 0.4) is 0 Å². The zero-order valence-electron chi connectivity index (χ0n) is 14.5. The first kappa shape index (κ1) is 20.8. The maximum absolute atomic E-state index is 12.6. The molecule has 27 heavy (non-hydrogen) atoms. The van der Waals surface area contributed by atoms with Gasteiger partial charge in [0.2, 0.25) is 5.91 Å². The Balaban J connectivity index is 1.66. The van der Waals surface area contributed by atoms with Gasteiger partial charge in [0.25, 0.3) is 0 Å². The standard InChI is InChI=1S/C16H18ClN3O3S4/c1-2-19(13-7-8-27(22,23)10-13)14(21)9-25-15-18-20(16(24)26-15)12-5-3-11(17)4-6-12/h3-6,13H,2,7-10H2,1H3. The van der Waals surface area contributed by atoms with Crippen LogP contribution in [0.1, 0.15) is 13.3 Å². The van der Waals surface area contributed by atoms with E-state index in [-0.39, 0.29) is 29.2 Å². The van der Waals surface area contributed by atoms with Crippen molar-refractivity contribution < 1.29 is 13.2 Å². The van der Waals surface area contributed by atoms with E-state index in [1.807, 2.05) is 19.1 Å². The van der Waals surface area contributed by atoms with Crippen LogP contribution in [0.5, 0.6) is 0 Å². The number of carbonyl (C=O) groups excluding carboxylic acids is 1. The average molecular weight is 464 g/mol. The molecule has 1 aromatic carbocycles. The van der Waals surface area contributed by atoms with E-state index in [0.717, 1.165) is 5.69 Å². The molecule has 1 aliphatic heterocycles. The predicted octanol–water partition coefficient (Wildman–Crippen LogP) is 3.44. The predicted molar refractivity (Wildman–Crippen MR) is 112 cm³/mol. The van der Waals surface area contributed by atoms with Crippen LogP contribution >= 0.6 is 46.9 Å². The Hall–Kier alpha value is -0.940. The average Bonchev–Trinajstić information content (AvgIpc) is 3.16. The summed E-state index contributed by atoms with van der Waals surface area (Å²) in [5.41, 5.74) is 0.810. The number of rotatable bonds is 6. The lowest BCUT2D eigenvalue weighted by atomic mass is 10.2. The summed E-state index contributed by atoms with van der Waals surface area (Å²) in [6, 6.07) is 6.97. The van der Waals surface area contributed by atoms with Gasteiger partial charge in [0.1, 0.15) is 0 Å². The summed E-state index contributed by atoms with van der Waals surface area (Å²) in [6.45, 7) is 2.36. The number of carbonyl (C=O) groups is 1. The molecule has 0 N–H and O–H groups in total. The molecule has 0 spiro atoms. The minimum Gasteiger partial charge on any atom is -0.338 e. The molecule has 6 nitrogen and oxygen atoms in total. The highest BCUT2D eigenvalue weighted by Crippen LogP contribution is 2.26. The van der Waals surface area contributed by atoms with Crippen LogP contribution in [0.4, 0.5) is 0 Å². The third-order valence-corrected chi connectivity index (χ3v) is 8.58. The SMILES string of the molecule is CCN(C(=O)CSc1nn(-c2ccc(Cl)cc2)c(=S)s1)C1CCS(=O)(=O)C1. The minimum atomic E-state index is -3.02. The first-order chi connectivity index (χ1) is 12.8. The lowest BCUT2D eigenvalue weighted by Gasteiger charge is -2.26. The molecule has 1 saturated heterocycles. The van der Waals surface area contributed by atoms with Gasteiger partial charge in [0.05, 0.1) is 22.9 Å². The van der Waals surface area contributed by atoms with Gasteiger partial charge in [-0.1, -0.05) is 34.7 Å². The summed E-state index contributed by atoms with van der Waals surface area (Å²) in [7, 11) is -3.02. The van der Waals surface area contributed by atoms with Crippen molar-refractivity contribution in [3.05, 3.63) is 33.2 Å². The van der Waals surface area contributed by atoms with Crippen molar-refractivity contribution in [2.24, 2.45) is 0 Å². The highest BCUT2D eigenvalue weighted by atomic mass is 35.5. The van der Waals surface area contributed by atoms with E-state index >= 15 is 0 Å². The topological polar surface area (TPSA) is 72.3 Å². The molecular formula is C16H18ClN3O3S4. The number of halogens is 1. The monoisotopic (exact) mass is 463 g/mol. The van der Waals surface area contributed by atoms with Gasteiger partial charge in [-0.05, 0) is 49.8 Å². The largest absolute Gasteiger partial charge is 0.338 e. The Labute approximate surface area is 176 Å². The molecule has 0 saturated carbocycles. The molecule has 1 amide bonds. The number of amides is 1. The first-order valence-corrected chi connectivity index (χ1v) is 12.7. The van der Waals surface area contributed by atoms with E-state index in [1.54, 1.807) is 21.7 Å². The number of nitrogens with zero attached hydrogens (tertiary/aromatic N) is 3. The molecule has 2 aromatic rings. The van der Waals surface area contributed by atoms with Gasteiger partial charge in [0, 0.05) is 17.6 Å². The lowest BCUT2D eigenvalue weighted by Crippen LogP contribution is -2.41. The number of hydrogen-bond donors (Lipinski definition) is 0. The van der Waals surface area contributed by atoms with Crippen LogP contribution in [0.15, 0.2) is 28.6 Å². The lowest BCUT2D eigenvalue weighted by molar-refractivity contribution is -0.129. The van der Waals surface area contributed by atoms with Crippen molar-refractivity contribution in [3.63, 3.8) is 0 Å². The molecule has 11 heteroatoms. The highest BCUT2D eigenvalue weighted by Gasteiger charge is 2.33.